The van der Waals surface area contributed by atoms with E-state index < -0.39 is 0 Å². The Labute approximate surface area is 89.5 Å². The van der Waals surface area contributed by atoms with Gasteiger partial charge < -0.3 is 5.32 Å². The maximum atomic E-state index is 3.71. The Morgan fingerprint density at radius 3 is 2.57 bits per heavy atom. The normalized spacial score (nSPS) is 36.2. The van der Waals surface area contributed by atoms with Crippen LogP contribution in [-0.4, -0.2) is 12.1 Å². The van der Waals surface area contributed by atoms with Gasteiger partial charge >= 0.3 is 0 Å². The van der Waals surface area contributed by atoms with Crippen LogP contribution in [0.2, 0.25) is 0 Å². The van der Waals surface area contributed by atoms with Crippen LogP contribution < -0.4 is 5.32 Å². The predicted molar refractivity (Wildman–Crippen MR) is 61.0 cm³/mol. The van der Waals surface area contributed by atoms with Gasteiger partial charge in [0.1, 0.15) is 0 Å². The van der Waals surface area contributed by atoms with E-state index in [4.69, 9.17) is 0 Å². The van der Waals surface area contributed by atoms with Crippen LogP contribution >= 0.6 is 11.3 Å². The Kier molecular flexibility index (Phi) is 2.14. The second-order valence-electron chi connectivity index (χ2n) is 4.77. The van der Waals surface area contributed by atoms with Gasteiger partial charge in [0, 0.05) is 17.0 Å². The highest BCUT2D eigenvalue weighted by atomic mass is 32.1. The smallest absolute Gasteiger partial charge is 0.0106 e. The molecule has 2 saturated heterocycles. The van der Waals surface area contributed by atoms with Crippen molar-refractivity contribution in [2.75, 3.05) is 0 Å². The molecule has 1 aromatic heterocycles. The average molecular weight is 207 g/mol. The highest BCUT2D eigenvalue weighted by Gasteiger charge is 2.34. The minimum atomic E-state index is 0.820. The van der Waals surface area contributed by atoms with Crippen LogP contribution in [0.3, 0.4) is 0 Å². The fourth-order valence-electron chi connectivity index (χ4n) is 3.07. The van der Waals surface area contributed by atoms with E-state index in [2.05, 4.69) is 23.7 Å². The van der Waals surface area contributed by atoms with Crippen molar-refractivity contribution in [2.45, 2.75) is 50.6 Å². The van der Waals surface area contributed by atoms with Gasteiger partial charge in [-0.3, -0.25) is 0 Å². The van der Waals surface area contributed by atoms with Gasteiger partial charge in [0.05, 0.1) is 0 Å². The van der Waals surface area contributed by atoms with Gasteiger partial charge in [0.15, 0.2) is 0 Å². The standard InChI is InChI=1S/C12H17NS/c1-8-4-5-14-12(8)9-6-10-2-3-11(7-9)13-10/h4-5,9-11,13H,2-3,6-7H2,1H3/t9?,10-,11+. The molecule has 3 atom stereocenters. The number of thiophene rings is 1. The number of aryl methyl sites for hydroxylation is 1. The lowest BCUT2D eigenvalue weighted by atomic mass is 9.90. The van der Waals surface area contributed by atoms with Crippen LogP contribution in [0.5, 0.6) is 0 Å². The van der Waals surface area contributed by atoms with Crippen molar-refractivity contribution in [3.63, 3.8) is 0 Å². The molecule has 1 N–H and O–H groups in total. The minimum absolute atomic E-state index is 0.820. The lowest BCUT2D eigenvalue weighted by Gasteiger charge is -2.28. The predicted octanol–water partition coefficient (Wildman–Crippen LogP) is 3.05. The lowest BCUT2D eigenvalue weighted by Crippen LogP contribution is -2.37. The first-order valence-corrected chi connectivity index (χ1v) is 6.51. The van der Waals surface area contributed by atoms with Crippen molar-refractivity contribution in [1.82, 2.24) is 5.32 Å². The van der Waals surface area contributed by atoms with Crippen LogP contribution in [0.1, 0.15) is 42.0 Å². The van der Waals surface area contributed by atoms with Gasteiger partial charge in [0.25, 0.3) is 0 Å². The Hall–Kier alpha value is -0.340. The summed E-state index contributed by atoms with van der Waals surface area (Å²) < 4.78 is 0. The molecule has 1 nitrogen and oxygen atoms in total. The summed E-state index contributed by atoms with van der Waals surface area (Å²) in [5.41, 5.74) is 1.52. The molecule has 2 bridgehead atoms. The zero-order chi connectivity index (χ0) is 9.54. The number of piperidine rings is 1. The third kappa shape index (κ3) is 1.41. The summed E-state index contributed by atoms with van der Waals surface area (Å²) in [6.07, 6.45) is 5.56. The third-order valence-corrected chi connectivity index (χ3v) is 4.93. The van der Waals surface area contributed by atoms with Crippen molar-refractivity contribution >= 4 is 11.3 Å². The molecule has 1 aromatic rings. The van der Waals surface area contributed by atoms with Gasteiger partial charge in [-0.25, -0.2) is 0 Å². The Bertz CT molecular complexity index is 319. The van der Waals surface area contributed by atoms with Crippen LogP contribution in [0.4, 0.5) is 0 Å². The summed E-state index contributed by atoms with van der Waals surface area (Å²) in [5.74, 6) is 0.855. The highest BCUT2D eigenvalue weighted by molar-refractivity contribution is 7.10. The summed E-state index contributed by atoms with van der Waals surface area (Å²) in [6.45, 7) is 2.26. The number of nitrogens with one attached hydrogen (secondary N) is 1. The fourth-order valence-corrected chi connectivity index (χ4v) is 4.13. The molecule has 0 radical (unpaired) electrons. The molecule has 2 aliphatic rings. The maximum absolute atomic E-state index is 3.71. The molecule has 3 rings (SSSR count). The van der Waals surface area contributed by atoms with Crippen molar-refractivity contribution in [3.05, 3.63) is 21.9 Å². The largest absolute Gasteiger partial charge is 0.311 e. The van der Waals surface area contributed by atoms with Gasteiger partial charge in [-0.05, 0) is 55.5 Å². The van der Waals surface area contributed by atoms with E-state index in [-0.39, 0.29) is 0 Å². The number of rotatable bonds is 1. The molecule has 0 aliphatic carbocycles. The summed E-state index contributed by atoms with van der Waals surface area (Å²) >= 11 is 1.96. The van der Waals surface area contributed by atoms with Crippen LogP contribution in [-0.2, 0) is 0 Å². The Morgan fingerprint density at radius 2 is 2.00 bits per heavy atom. The van der Waals surface area contributed by atoms with E-state index in [0.717, 1.165) is 18.0 Å². The number of hydrogen-bond acceptors (Lipinski definition) is 2. The molecule has 1 unspecified atom stereocenters. The molecule has 0 saturated carbocycles. The molecule has 2 fully saturated rings. The molecular formula is C12H17NS. The fraction of sp³-hybridized carbons (Fsp3) is 0.667. The molecule has 0 aromatic carbocycles. The Balaban J connectivity index is 1.84. The molecule has 76 valence electrons. The number of fused-ring (bicyclic) bond motifs is 2. The molecule has 2 heteroatoms. The second kappa shape index (κ2) is 3.35. The van der Waals surface area contributed by atoms with Gasteiger partial charge in [-0.15, -0.1) is 11.3 Å². The summed E-state index contributed by atoms with van der Waals surface area (Å²) in [7, 11) is 0. The summed E-state index contributed by atoms with van der Waals surface area (Å²) in [6, 6.07) is 3.91. The van der Waals surface area contributed by atoms with Crippen molar-refractivity contribution in [2.24, 2.45) is 0 Å². The van der Waals surface area contributed by atoms with E-state index in [1.54, 1.807) is 4.88 Å². The molecule has 3 heterocycles. The molecular weight excluding hydrogens is 190 g/mol. The van der Waals surface area contributed by atoms with Crippen molar-refractivity contribution in [3.8, 4) is 0 Å². The van der Waals surface area contributed by atoms with Crippen LogP contribution in [0, 0.1) is 6.92 Å². The van der Waals surface area contributed by atoms with Crippen molar-refractivity contribution < 1.29 is 0 Å². The highest BCUT2D eigenvalue weighted by Crippen LogP contribution is 2.40. The average Bonchev–Trinajstić information content (AvgIpc) is 2.73. The van der Waals surface area contributed by atoms with E-state index in [1.165, 1.54) is 31.2 Å². The first-order valence-electron chi connectivity index (χ1n) is 5.63. The first kappa shape index (κ1) is 8.93. The first-order chi connectivity index (χ1) is 6.83. The molecule has 0 spiro atoms. The van der Waals surface area contributed by atoms with Crippen molar-refractivity contribution in [1.29, 1.82) is 0 Å². The van der Waals surface area contributed by atoms with E-state index >= 15 is 0 Å². The van der Waals surface area contributed by atoms with E-state index in [0.29, 0.717) is 0 Å². The second-order valence-corrected chi connectivity index (χ2v) is 5.72. The van der Waals surface area contributed by atoms with E-state index in [9.17, 15) is 0 Å². The third-order valence-electron chi connectivity index (χ3n) is 3.75. The zero-order valence-corrected chi connectivity index (χ0v) is 9.44. The topological polar surface area (TPSA) is 12.0 Å². The van der Waals surface area contributed by atoms with Crippen LogP contribution in [0.15, 0.2) is 11.4 Å². The quantitative estimate of drug-likeness (QED) is 0.746. The van der Waals surface area contributed by atoms with E-state index in [1.807, 2.05) is 11.3 Å². The van der Waals surface area contributed by atoms with Gasteiger partial charge in [-0.2, -0.15) is 0 Å². The monoisotopic (exact) mass is 207 g/mol. The Morgan fingerprint density at radius 1 is 1.29 bits per heavy atom. The maximum Gasteiger partial charge on any atom is 0.0106 e. The lowest BCUT2D eigenvalue weighted by molar-refractivity contribution is 0.366. The van der Waals surface area contributed by atoms with Gasteiger partial charge in [-0.1, -0.05) is 0 Å². The SMILES string of the molecule is Cc1ccsc1C1C[C@H]2CC[C@@H](C1)N2. The molecule has 2 aliphatic heterocycles. The summed E-state index contributed by atoms with van der Waals surface area (Å²) in [4.78, 5) is 1.66. The molecule has 0 amide bonds. The zero-order valence-electron chi connectivity index (χ0n) is 8.62. The number of hydrogen-bond donors (Lipinski definition) is 1. The van der Waals surface area contributed by atoms with Gasteiger partial charge in [0.2, 0.25) is 0 Å². The molecule has 14 heavy (non-hydrogen) atoms. The summed E-state index contributed by atoms with van der Waals surface area (Å²) in [5, 5.41) is 5.95. The van der Waals surface area contributed by atoms with Crippen LogP contribution in [0.25, 0.3) is 0 Å². The minimum Gasteiger partial charge on any atom is -0.311 e.